The highest BCUT2D eigenvalue weighted by molar-refractivity contribution is 5.95. The van der Waals surface area contributed by atoms with Gasteiger partial charge >= 0.3 is 5.97 Å². The summed E-state index contributed by atoms with van der Waals surface area (Å²) in [4.78, 5) is 75.1. The van der Waals surface area contributed by atoms with E-state index in [0.717, 1.165) is 126 Å². The Bertz CT molecular complexity index is 2480. The van der Waals surface area contributed by atoms with Gasteiger partial charge in [0.1, 0.15) is 22.9 Å². The van der Waals surface area contributed by atoms with Crippen LogP contribution in [0, 0.1) is 11.8 Å². The maximum absolute atomic E-state index is 11.6. The van der Waals surface area contributed by atoms with Crippen molar-refractivity contribution in [3.8, 4) is 0 Å². The number of hydrogen-bond donors (Lipinski definition) is 8. The smallest absolute Gasteiger partial charge is 0.303 e. The topological polar surface area (TPSA) is 252 Å². The highest BCUT2D eigenvalue weighted by atomic mass is 16.4. The van der Waals surface area contributed by atoms with Crippen LogP contribution in [0.4, 0.5) is 46.3 Å². The molecule has 18 nitrogen and oxygen atoms in total. The largest absolute Gasteiger partial charge is 0.481 e. The summed E-state index contributed by atoms with van der Waals surface area (Å²) in [5.74, 6) is 2.44. The Hall–Kier alpha value is -7.24. The van der Waals surface area contributed by atoms with Crippen molar-refractivity contribution in [1.82, 2.24) is 29.9 Å². The van der Waals surface area contributed by atoms with Gasteiger partial charge in [0, 0.05) is 87.0 Å². The van der Waals surface area contributed by atoms with Gasteiger partial charge in [0.25, 0.3) is 0 Å². The number of carbonyl (C=O) groups is 4. The molecule has 0 unspecified atom stereocenters. The number of benzene rings is 2. The van der Waals surface area contributed by atoms with E-state index in [1.54, 1.807) is 0 Å². The summed E-state index contributed by atoms with van der Waals surface area (Å²) in [7, 11) is 0. The summed E-state index contributed by atoms with van der Waals surface area (Å²) < 4.78 is 0. The number of aliphatic carboxylic acids is 1. The van der Waals surface area contributed by atoms with Crippen molar-refractivity contribution in [2.24, 2.45) is 17.6 Å². The van der Waals surface area contributed by atoms with Gasteiger partial charge in [-0.15, -0.1) is 0 Å². The highest BCUT2D eigenvalue weighted by Gasteiger charge is 2.26. The molecule has 0 bridgehead atoms. The van der Waals surface area contributed by atoms with Gasteiger partial charge in [-0.2, -0.15) is 19.9 Å². The molecule has 62 heavy (non-hydrogen) atoms. The normalized spacial score (nSPS) is 16.8. The number of aryl methyl sites for hydroxylation is 2. The monoisotopic (exact) mass is 839 g/mol. The standard InChI is InChI=1S/C22H25N7O2.C22H24N6O3/c23-18(30)11-13-6-9-29(10-7-13)21-16-5-8-24-20(16)27-22(28-21)25-15-2-3-17-14(12-15)1-4-19(31)26-17;29-18-4-1-14-12-15(2-3-17(14)25-18)24-22-26-20-16(5-8-23-20)21(27-22)28-9-6-13(7-10-28)11-19(30)31/h2-3,5,8,12-13H,1,4,6-7,9-11H2,(H2,23,30)(H,26,31)(H2,24,25,27,28);2-3,5,8,12-13H,1,4,6-7,9-11H2,(H,25,29)(H,30,31)(H2,23,24,26,27). The number of piperidine rings is 2. The lowest BCUT2D eigenvalue weighted by Crippen LogP contribution is -2.35. The minimum atomic E-state index is -0.732. The first-order valence-corrected chi connectivity index (χ1v) is 21.2. The second kappa shape index (κ2) is 17.4. The molecule has 2 aromatic carbocycles. The second-order valence-corrected chi connectivity index (χ2v) is 16.4. The number of amides is 3. The Morgan fingerprint density at radius 3 is 1.53 bits per heavy atom. The highest BCUT2D eigenvalue weighted by Crippen LogP contribution is 2.34. The van der Waals surface area contributed by atoms with Gasteiger partial charge in [-0.25, -0.2) is 0 Å². The first kappa shape index (κ1) is 40.2. The van der Waals surface area contributed by atoms with E-state index < -0.39 is 5.97 Å². The maximum Gasteiger partial charge on any atom is 0.303 e. The van der Waals surface area contributed by atoms with Crippen molar-refractivity contribution < 1.29 is 24.3 Å². The summed E-state index contributed by atoms with van der Waals surface area (Å²) in [6.45, 7) is 3.20. The zero-order valence-corrected chi connectivity index (χ0v) is 34.2. The average Bonchev–Trinajstić information content (AvgIpc) is 3.94. The molecule has 320 valence electrons. The Kier molecular flexibility index (Phi) is 11.3. The van der Waals surface area contributed by atoms with Crippen LogP contribution in [0.25, 0.3) is 22.1 Å². The molecule has 10 rings (SSSR count). The lowest BCUT2D eigenvalue weighted by Gasteiger charge is -2.32. The Balaban J connectivity index is 0.000000158. The number of hydrogen-bond acceptors (Lipinski definition) is 12. The van der Waals surface area contributed by atoms with Crippen LogP contribution in [0.15, 0.2) is 60.9 Å². The number of nitrogens with one attached hydrogen (secondary N) is 6. The van der Waals surface area contributed by atoms with Crippen LogP contribution in [-0.4, -0.2) is 84.9 Å². The number of primary amides is 1. The zero-order valence-electron chi connectivity index (χ0n) is 34.2. The molecule has 6 aromatic rings. The average molecular weight is 840 g/mol. The fourth-order valence-corrected chi connectivity index (χ4v) is 8.85. The number of H-pyrrole nitrogens is 2. The lowest BCUT2D eigenvalue weighted by atomic mass is 9.93. The number of fused-ring (bicyclic) bond motifs is 4. The quantitative estimate of drug-likeness (QED) is 0.0795. The van der Waals surface area contributed by atoms with Crippen LogP contribution in [0.2, 0.25) is 0 Å². The summed E-state index contributed by atoms with van der Waals surface area (Å²) in [5.41, 5.74) is 12.6. The van der Waals surface area contributed by atoms with Crippen LogP contribution in [0.3, 0.4) is 0 Å². The van der Waals surface area contributed by atoms with Gasteiger partial charge in [0.05, 0.1) is 10.8 Å². The molecule has 4 aliphatic rings. The van der Waals surface area contributed by atoms with E-state index in [2.05, 4.69) is 51.0 Å². The fourth-order valence-electron chi connectivity index (χ4n) is 8.85. The summed E-state index contributed by atoms with van der Waals surface area (Å²) in [6, 6.07) is 15.7. The number of aromatic nitrogens is 6. The van der Waals surface area contributed by atoms with Crippen molar-refractivity contribution in [3.63, 3.8) is 0 Å². The molecular formula is C44H49N13O5. The van der Waals surface area contributed by atoms with E-state index >= 15 is 0 Å². The molecule has 18 heteroatoms. The van der Waals surface area contributed by atoms with E-state index in [-0.39, 0.29) is 30.1 Å². The molecule has 2 fully saturated rings. The third kappa shape index (κ3) is 9.08. The molecule has 0 spiro atoms. The SMILES string of the molecule is NC(=O)CC1CCN(c2nc(Nc3ccc4c(c3)CCC(=O)N4)nc3[nH]ccc23)CC1.O=C(O)CC1CCN(c2nc(Nc3ccc4c(c3)CCC(=O)N4)nc3[nH]ccc23)CC1. The molecule has 4 aliphatic heterocycles. The Morgan fingerprint density at radius 2 is 1.10 bits per heavy atom. The fraction of sp³-hybridized carbons (Fsp3) is 0.364. The van der Waals surface area contributed by atoms with E-state index in [9.17, 15) is 19.2 Å². The molecule has 9 N–H and O–H groups in total. The molecule has 3 amide bonds. The summed E-state index contributed by atoms with van der Waals surface area (Å²) in [5, 5.41) is 23.4. The van der Waals surface area contributed by atoms with Gasteiger partial charge < -0.3 is 51.9 Å². The van der Waals surface area contributed by atoms with E-state index in [4.69, 9.17) is 20.8 Å². The lowest BCUT2D eigenvalue weighted by molar-refractivity contribution is -0.138. The Labute approximate surface area is 356 Å². The van der Waals surface area contributed by atoms with Gasteiger partial charge in [0.15, 0.2) is 0 Å². The molecule has 0 radical (unpaired) electrons. The van der Waals surface area contributed by atoms with E-state index in [1.807, 2.05) is 60.9 Å². The van der Waals surface area contributed by atoms with E-state index in [1.165, 1.54) is 0 Å². The minimum absolute atomic E-state index is 0.0468. The van der Waals surface area contributed by atoms with Gasteiger partial charge in [-0.1, -0.05) is 0 Å². The number of aromatic amines is 2. The second-order valence-electron chi connectivity index (χ2n) is 16.4. The van der Waals surface area contributed by atoms with Gasteiger partial charge in [-0.05, 0) is 110 Å². The first-order valence-electron chi connectivity index (χ1n) is 21.2. The van der Waals surface area contributed by atoms with E-state index in [0.29, 0.717) is 43.5 Å². The van der Waals surface area contributed by atoms with Gasteiger partial charge in [-0.3, -0.25) is 19.2 Å². The van der Waals surface area contributed by atoms with Crippen LogP contribution in [-0.2, 0) is 32.0 Å². The van der Waals surface area contributed by atoms with Crippen molar-refractivity contribution >= 4 is 92.0 Å². The van der Waals surface area contributed by atoms with Crippen molar-refractivity contribution in [3.05, 3.63) is 72.1 Å². The Morgan fingerprint density at radius 1 is 0.645 bits per heavy atom. The molecule has 8 heterocycles. The van der Waals surface area contributed by atoms with Gasteiger partial charge in [0.2, 0.25) is 29.6 Å². The molecule has 2 saturated heterocycles. The number of nitrogens with two attached hydrogens (primary N) is 1. The first-order chi connectivity index (χ1) is 30.1. The number of carboxylic acid groups (broad SMARTS) is 1. The third-order valence-electron chi connectivity index (χ3n) is 12.1. The maximum atomic E-state index is 11.6. The molecular weight excluding hydrogens is 791 g/mol. The van der Waals surface area contributed by atoms with Crippen LogP contribution in [0.5, 0.6) is 0 Å². The number of carbonyl (C=O) groups excluding carboxylic acids is 3. The van der Waals surface area contributed by atoms with Crippen molar-refractivity contribution in [2.75, 3.05) is 57.2 Å². The van der Waals surface area contributed by atoms with Crippen LogP contribution >= 0.6 is 0 Å². The van der Waals surface area contributed by atoms with Crippen molar-refractivity contribution in [2.45, 2.75) is 64.2 Å². The van der Waals surface area contributed by atoms with Crippen molar-refractivity contribution in [1.29, 1.82) is 0 Å². The molecule has 4 aromatic heterocycles. The van der Waals surface area contributed by atoms with Crippen LogP contribution in [0.1, 0.15) is 62.5 Å². The summed E-state index contributed by atoms with van der Waals surface area (Å²) >= 11 is 0. The third-order valence-corrected chi connectivity index (χ3v) is 12.1. The zero-order chi connectivity index (χ0) is 42.7. The number of carboxylic acids is 1. The predicted molar refractivity (Wildman–Crippen MR) is 237 cm³/mol. The number of anilines is 8. The summed E-state index contributed by atoms with van der Waals surface area (Å²) in [6.07, 6.45) is 10.3. The minimum Gasteiger partial charge on any atom is -0.481 e. The van der Waals surface area contributed by atoms with Crippen LogP contribution < -0.4 is 36.8 Å². The molecule has 0 saturated carbocycles. The number of nitrogens with zero attached hydrogens (tertiary/aromatic N) is 6. The molecule has 0 aliphatic carbocycles. The predicted octanol–water partition coefficient (Wildman–Crippen LogP) is 5.96. The number of rotatable bonds is 10. The molecule has 0 atom stereocenters.